The molecule has 2 N–H and O–H groups in total. The molecule has 0 spiro atoms. The van der Waals surface area contributed by atoms with Crippen molar-refractivity contribution in [2.24, 2.45) is 0 Å². The number of aliphatic hydroxyl groups is 1. The molecule has 3 nitrogen and oxygen atoms in total. The highest BCUT2D eigenvalue weighted by molar-refractivity contribution is 5.29. The zero-order valence-corrected chi connectivity index (χ0v) is 8.66. The number of hydrogen-bond donors (Lipinski definition) is 2. The maximum Gasteiger partial charge on any atom is 0.119 e. The van der Waals surface area contributed by atoms with Gasteiger partial charge in [0.2, 0.25) is 0 Å². The number of benzene rings is 1. The van der Waals surface area contributed by atoms with Crippen LogP contribution in [0.2, 0.25) is 0 Å². The minimum atomic E-state index is -0.468. The molecule has 0 saturated carbocycles. The second kappa shape index (κ2) is 5.62. The maximum atomic E-state index is 9.75. The van der Waals surface area contributed by atoms with Gasteiger partial charge in [0.1, 0.15) is 5.75 Å². The molecule has 0 heterocycles. The molecule has 0 aliphatic rings. The van der Waals surface area contributed by atoms with Crippen molar-refractivity contribution in [1.82, 2.24) is 5.32 Å². The molecule has 1 unspecified atom stereocenters. The van der Waals surface area contributed by atoms with E-state index in [9.17, 15) is 5.11 Å². The summed E-state index contributed by atoms with van der Waals surface area (Å²) in [6.45, 7) is 3.45. The van der Waals surface area contributed by atoms with Crippen LogP contribution in [0.3, 0.4) is 0 Å². The second-order valence-corrected chi connectivity index (χ2v) is 3.10. The first kappa shape index (κ1) is 11.0. The Morgan fingerprint density at radius 3 is 2.93 bits per heavy atom. The minimum Gasteiger partial charge on any atom is -0.497 e. The summed E-state index contributed by atoms with van der Waals surface area (Å²) in [5.74, 6) is 0.776. The van der Waals surface area contributed by atoms with Crippen molar-refractivity contribution in [2.75, 3.05) is 20.2 Å². The van der Waals surface area contributed by atoms with Crippen molar-refractivity contribution < 1.29 is 9.84 Å². The Labute approximate surface area is 84.7 Å². The Hall–Kier alpha value is -1.06. The number of hydrogen-bond acceptors (Lipinski definition) is 3. The minimum absolute atomic E-state index is 0.468. The molecule has 1 rings (SSSR count). The third-order valence-corrected chi connectivity index (χ3v) is 2.07. The van der Waals surface area contributed by atoms with Crippen LogP contribution in [0.4, 0.5) is 0 Å². The van der Waals surface area contributed by atoms with Crippen LogP contribution in [0.5, 0.6) is 5.75 Å². The van der Waals surface area contributed by atoms with Gasteiger partial charge < -0.3 is 15.2 Å². The fraction of sp³-hybridized carbons (Fsp3) is 0.455. The summed E-state index contributed by atoms with van der Waals surface area (Å²) in [4.78, 5) is 0. The summed E-state index contributed by atoms with van der Waals surface area (Å²) in [6.07, 6.45) is -0.468. The highest BCUT2D eigenvalue weighted by atomic mass is 16.5. The first-order valence-corrected chi connectivity index (χ1v) is 4.80. The quantitative estimate of drug-likeness (QED) is 0.745. The van der Waals surface area contributed by atoms with Gasteiger partial charge in [0.15, 0.2) is 0 Å². The van der Waals surface area contributed by atoms with Crippen molar-refractivity contribution in [3.8, 4) is 5.75 Å². The summed E-state index contributed by atoms with van der Waals surface area (Å²) < 4.78 is 5.08. The predicted octanol–water partition coefficient (Wildman–Crippen LogP) is 1.34. The fourth-order valence-electron chi connectivity index (χ4n) is 1.25. The zero-order valence-electron chi connectivity index (χ0n) is 8.66. The fourth-order valence-corrected chi connectivity index (χ4v) is 1.25. The highest BCUT2D eigenvalue weighted by Crippen LogP contribution is 2.18. The molecule has 0 bridgehead atoms. The molecule has 0 saturated heterocycles. The molecule has 1 atom stereocenters. The lowest BCUT2D eigenvalue weighted by molar-refractivity contribution is 0.175. The summed E-state index contributed by atoms with van der Waals surface area (Å²) in [7, 11) is 1.62. The molecule has 1 aromatic rings. The van der Waals surface area contributed by atoms with E-state index in [1.165, 1.54) is 0 Å². The van der Waals surface area contributed by atoms with E-state index in [4.69, 9.17) is 4.74 Å². The van der Waals surface area contributed by atoms with Crippen LogP contribution in [-0.4, -0.2) is 25.3 Å². The van der Waals surface area contributed by atoms with Gasteiger partial charge in [0.25, 0.3) is 0 Å². The number of rotatable bonds is 5. The smallest absolute Gasteiger partial charge is 0.119 e. The molecule has 3 heteroatoms. The van der Waals surface area contributed by atoms with Crippen LogP contribution < -0.4 is 10.1 Å². The van der Waals surface area contributed by atoms with Gasteiger partial charge in [-0.1, -0.05) is 19.1 Å². The first-order valence-electron chi connectivity index (χ1n) is 4.80. The Morgan fingerprint density at radius 2 is 2.29 bits per heavy atom. The third-order valence-electron chi connectivity index (χ3n) is 2.07. The summed E-state index contributed by atoms with van der Waals surface area (Å²) in [6, 6.07) is 7.49. The Kier molecular flexibility index (Phi) is 4.43. The van der Waals surface area contributed by atoms with Crippen molar-refractivity contribution in [3.63, 3.8) is 0 Å². The molecule has 78 valence electrons. The Balaban J connectivity index is 2.64. The van der Waals surface area contributed by atoms with Gasteiger partial charge in [-0.15, -0.1) is 0 Å². The van der Waals surface area contributed by atoms with Crippen molar-refractivity contribution in [2.45, 2.75) is 13.0 Å². The van der Waals surface area contributed by atoms with Crippen LogP contribution in [0.25, 0.3) is 0 Å². The highest BCUT2D eigenvalue weighted by Gasteiger charge is 2.06. The number of nitrogens with one attached hydrogen (secondary N) is 1. The van der Waals surface area contributed by atoms with Gasteiger partial charge in [0, 0.05) is 6.54 Å². The lowest BCUT2D eigenvalue weighted by Gasteiger charge is -2.12. The molecule has 0 amide bonds. The summed E-state index contributed by atoms with van der Waals surface area (Å²) >= 11 is 0. The van der Waals surface area contributed by atoms with Crippen LogP contribution in [0, 0.1) is 0 Å². The SMILES string of the molecule is CCNCC(O)c1cccc(OC)c1. The molecule has 0 aromatic heterocycles. The van der Waals surface area contributed by atoms with Gasteiger partial charge in [-0.05, 0) is 24.2 Å². The van der Waals surface area contributed by atoms with E-state index >= 15 is 0 Å². The van der Waals surface area contributed by atoms with Crippen LogP contribution >= 0.6 is 0 Å². The molecule has 0 fully saturated rings. The van der Waals surface area contributed by atoms with Crippen LogP contribution in [0.1, 0.15) is 18.6 Å². The first-order chi connectivity index (χ1) is 6.77. The zero-order chi connectivity index (χ0) is 10.4. The van der Waals surface area contributed by atoms with Crippen molar-refractivity contribution >= 4 is 0 Å². The Bertz CT molecular complexity index is 276. The lowest BCUT2D eigenvalue weighted by atomic mass is 10.1. The van der Waals surface area contributed by atoms with Gasteiger partial charge >= 0.3 is 0 Å². The number of ether oxygens (including phenoxy) is 1. The summed E-state index contributed by atoms with van der Waals surface area (Å²) in [5.41, 5.74) is 0.880. The van der Waals surface area contributed by atoms with Crippen molar-refractivity contribution in [3.05, 3.63) is 29.8 Å². The van der Waals surface area contributed by atoms with E-state index in [2.05, 4.69) is 5.32 Å². The standard InChI is InChI=1S/C11H17NO2/c1-3-12-8-11(13)9-5-4-6-10(7-9)14-2/h4-7,11-13H,3,8H2,1-2H3. The average molecular weight is 195 g/mol. The average Bonchev–Trinajstić information content (AvgIpc) is 2.26. The molecular formula is C11H17NO2. The molecule has 0 aliphatic carbocycles. The van der Waals surface area contributed by atoms with Crippen LogP contribution in [0.15, 0.2) is 24.3 Å². The van der Waals surface area contributed by atoms with E-state index in [0.717, 1.165) is 17.9 Å². The summed E-state index contributed by atoms with van der Waals surface area (Å²) in [5, 5.41) is 12.8. The molecular weight excluding hydrogens is 178 g/mol. The largest absolute Gasteiger partial charge is 0.497 e. The second-order valence-electron chi connectivity index (χ2n) is 3.10. The molecule has 1 aromatic carbocycles. The van der Waals surface area contributed by atoms with Gasteiger partial charge in [0.05, 0.1) is 13.2 Å². The van der Waals surface area contributed by atoms with E-state index < -0.39 is 6.10 Å². The third kappa shape index (κ3) is 3.01. The monoisotopic (exact) mass is 195 g/mol. The van der Waals surface area contributed by atoms with Crippen LogP contribution in [-0.2, 0) is 0 Å². The number of likely N-dealkylation sites (N-methyl/N-ethyl adjacent to an activating group) is 1. The number of aliphatic hydroxyl groups excluding tert-OH is 1. The predicted molar refractivity (Wildman–Crippen MR) is 56.5 cm³/mol. The van der Waals surface area contributed by atoms with Gasteiger partial charge in [-0.3, -0.25) is 0 Å². The molecule has 0 radical (unpaired) electrons. The molecule has 0 aliphatic heterocycles. The normalized spacial score (nSPS) is 12.5. The Morgan fingerprint density at radius 1 is 1.50 bits per heavy atom. The maximum absolute atomic E-state index is 9.75. The number of methoxy groups -OCH3 is 1. The van der Waals surface area contributed by atoms with E-state index in [1.807, 2.05) is 31.2 Å². The topological polar surface area (TPSA) is 41.5 Å². The van der Waals surface area contributed by atoms with Gasteiger partial charge in [-0.25, -0.2) is 0 Å². The van der Waals surface area contributed by atoms with Gasteiger partial charge in [-0.2, -0.15) is 0 Å². The van der Waals surface area contributed by atoms with E-state index in [-0.39, 0.29) is 0 Å². The molecule has 14 heavy (non-hydrogen) atoms. The van der Waals surface area contributed by atoms with E-state index in [0.29, 0.717) is 6.54 Å². The lowest BCUT2D eigenvalue weighted by Crippen LogP contribution is -2.20. The van der Waals surface area contributed by atoms with E-state index in [1.54, 1.807) is 7.11 Å². The van der Waals surface area contributed by atoms with Crippen molar-refractivity contribution in [1.29, 1.82) is 0 Å².